The van der Waals surface area contributed by atoms with Gasteiger partial charge >= 0.3 is 0 Å². The van der Waals surface area contributed by atoms with E-state index in [-0.39, 0.29) is 0 Å². The Hall–Kier alpha value is -2.11. The fourth-order valence-electron chi connectivity index (χ4n) is 2.91. The SMILES string of the molecule is O=C1Nc2cc(Cl)ccc2[C@]1(Cl)[C@H](C[N+](=O)[O-])c1ccccc1. The highest BCUT2D eigenvalue weighted by Crippen LogP contribution is 2.50. The molecule has 2 atom stereocenters. The second-order valence-electron chi connectivity index (χ2n) is 5.33. The summed E-state index contributed by atoms with van der Waals surface area (Å²) in [6.07, 6.45) is 0. The molecule has 0 radical (unpaired) electrons. The molecule has 0 fully saturated rings. The van der Waals surface area contributed by atoms with Crippen molar-refractivity contribution in [2.45, 2.75) is 10.8 Å². The van der Waals surface area contributed by atoms with Gasteiger partial charge in [-0.2, -0.15) is 0 Å². The number of nitrogens with zero attached hydrogens (tertiary/aromatic N) is 1. The van der Waals surface area contributed by atoms with Gasteiger partial charge in [0.15, 0.2) is 4.87 Å². The number of benzene rings is 2. The first kappa shape index (κ1) is 15.8. The van der Waals surface area contributed by atoms with Crippen LogP contribution in [-0.4, -0.2) is 17.4 Å². The van der Waals surface area contributed by atoms with Gasteiger partial charge in [-0.05, 0) is 17.7 Å². The number of anilines is 1. The molecular weight excluding hydrogens is 339 g/mol. The van der Waals surface area contributed by atoms with E-state index in [1.807, 2.05) is 0 Å². The molecule has 2 aromatic carbocycles. The van der Waals surface area contributed by atoms with Crippen LogP contribution in [0.2, 0.25) is 5.02 Å². The molecule has 1 N–H and O–H groups in total. The van der Waals surface area contributed by atoms with Crippen LogP contribution < -0.4 is 5.32 Å². The molecule has 0 saturated carbocycles. The molecule has 1 aliphatic rings. The van der Waals surface area contributed by atoms with Crippen molar-refractivity contribution in [3.8, 4) is 0 Å². The minimum atomic E-state index is -1.55. The number of nitro groups is 1. The summed E-state index contributed by atoms with van der Waals surface area (Å²) in [5.41, 5.74) is 1.63. The summed E-state index contributed by atoms with van der Waals surface area (Å²) >= 11 is 12.6. The predicted octanol–water partition coefficient (Wildman–Crippen LogP) is 3.79. The first-order chi connectivity index (χ1) is 10.9. The number of amides is 1. The summed E-state index contributed by atoms with van der Waals surface area (Å²) < 4.78 is 0. The van der Waals surface area contributed by atoms with E-state index in [2.05, 4.69) is 5.32 Å². The molecule has 1 heterocycles. The molecule has 2 aromatic rings. The van der Waals surface area contributed by atoms with Gasteiger partial charge in [0, 0.05) is 21.2 Å². The molecule has 0 spiro atoms. The Bertz CT molecular complexity index is 782. The third kappa shape index (κ3) is 2.66. The normalized spacial score (nSPS) is 20.7. The first-order valence-corrected chi connectivity index (χ1v) is 7.65. The van der Waals surface area contributed by atoms with Crippen LogP contribution in [0.4, 0.5) is 5.69 Å². The van der Waals surface area contributed by atoms with Crippen molar-refractivity contribution < 1.29 is 9.72 Å². The van der Waals surface area contributed by atoms with Crippen molar-refractivity contribution in [3.63, 3.8) is 0 Å². The summed E-state index contributed by atoms with van der Waals surface area (Å²) in [7, 11) is 0. The monoisotopic (exact) mass is 350 g/mol. The van der Waals surface area contributed by atoms with E-state index in [0.29, 0.717) is 21.8 Å². The Labute approximate surface area is 142 Å². The van der Waals surface area contributed by atoms with Gasteiger partial charge < -0.3 is 5.32 Å². The Morgan fingerprint density at radius 3 is 2.57 bits per heavy atom. The zero-order chi connectivity index (χ0) is 16.6. The van der Waals surface area contributed by atoms with Gasteiger partial charge in [-0.3, -0.25) is 14.9 Å². The molecule has 7 heteroatoms. The first-order valence-electron chi connectivity index (χ1n) is 6.90. The van der Waals surface area contributed by atoms with E-state index < -0.39 is 28.2 Å². The number of carbonyl (C=O) groups is 1. The van der Waals surface area contributed by atoms with Crippen molar-refractivity contribution in [2.75, 3.05) is 11.9 Å². The average molecular weight is 351 g/mol. The third-order valence-electron chi connectivity index (χ3n) is 3.97. The highest BCUT2D eigenvalue weighted by atomic mass is 35.5. The van der Waals surface area contributed by atoms with E-state index in [9.17, 15) is 14.9 Å². The highest BCUT2D eigenvalue weighted by molar-refractivity contribution is 6.40. The number of alkyl halides is 1. The predicted molar refractivity (Wildman–Crippen MR) is 88.7 cm³/mol. The van der Waals surface area contributed by atoms with Gasteiger partial charge in [-0.25, -0.2) is 0 Å². The molecule has 0 aliphatic carbocycles. The van der Waals surface area contributed by atoms with Gasteiger partial charge in [0.2, 0.25) is 6.54 Å². The molecular formula is C16H12Cl2N2O3. The molecule has 23 heavy (non-hydrogen) atoms. The summed E-state index contributed by atoms with van der Waals surface area (Å²) in [6.45, 7) is -0.455. The van der Waals surface area contributed by atoms with Gasteiger partial charge in [0.1, 0.15) is 0 Å². The lowest BCUT2D eigenvalue weighted by atomic mass is 9.81. The highest BCUT2D eigenvalue weighted by Gasteiger charge is 2.53. The van der Waals surface area contributed by atoms with Crippen molar-refractivity contribution in [3.05, 3.63) is 74.8 Å². The van der Waals surface area contributed by atoms with E-state index >= 15 is 0 Å². The van der Waals surface area contributed by atoms with E-state index in [4.69, 9.17) is 23.2 Å². The van der Waals surface area contributed by atoms with Gasteiger partial charge in [0.25, 0.3) is 5.91 Å². The van der Waals surface area contributed by atoms with Crippen LogP contribution in [0.5, 0.6) is 0 Å². The minimum Gasteiger partial charge on any atom is -0.324 e. The lowest BCUT2D eigenvalue weighted by Gasteiger charge is -2.28. The molecule has 3 rings (SSSR count). The third-order valence-corrected chi connectivity index (χ3v) is 4.84. The van der Waals surface area contributed by atoms with Crippen molar-refractivity contribution in [2.24, 2.45) is 0 Å². The summed E-state index contributed by atoms with van der Waals surface area (Å²) in [5, 5.41) is 14.3. The van der Waals surface area contributed by atoms with Crippen molar-refractivity contribution in [1.29, 1.82) is 0 Å². The van der Waals surface area contributed by atoms with Gasteiger partial charge in [-0.1, -0.05) is 48.0 Å². The van der Waals surface area contributed by atoms with E-state index in [0.717, 1.165) is 0 Å². The lowest BCUT2D eigenvalue weighted by Crippen LogP contribution is -2.38. The van der Waals surface area contributed by atoms with Crippen LogP contribution in [0, 0.1) is 10.1 Å². The molecule has 0 aromatic heterocycles. The van der Waals surface area contributed by atoms with Crippen LogP contribution in [0.1, 0.15) is 17.0 Å². The Morgan fingerprint density at radius 2 is 1.91 bits per heavy atom. The fraction of sp³-hybridized carbons (Fsp3) is 0.188. The van der Waals surface area contributed by atoms with Gasteiger partial charge in [-0.15, -0.1) is 11.6 Å². The maximum atomic E-state index is 12.6. The fourth-order valence-corrected chi connectivity index (χ4v) is 3.49. The summed E-state index contributed by atoms with van der Waals surface area (Å²) in [5.74, 6) is -1.28. The maximum absolute atomic E-state index is 12.6. The Kier molecular flexibility index (Phi) is 4.00. The van der Waals surface area contributed by atoms with Crippen LogP contribution in [0.3, 0.4) is 0 Å². The number of hydrogen-bond donors (Lipinski definition) is 1. The quantitative estimate of drug-likeness (QED) is 0.518. The molecule has 0 unspecified atom stereocenters. The van der Waals surface area contributed by atoms with E-state index in [1.165, 1.54) is 0 Å². The largest absolute Gasteiger partial charge is 0.324 e. The lowest BCUT2D eigenvalue weighted by molar-refractivity contribution is -0.484. The van der Waals surface area contributed by atoms with Crippen LogP contribution in [-0.2, 0) is 9.67 Å². The molecule has 1 amide bonds. The Morgan fingerprint density at radius 1 is 1.22 bits per heavy atom. The number of halogens is 2. The number of rotatable bonds is 4. The number of fused-ring (bicyclic) bond motifs is 1. The maximum Gasteiger partial charge on any atom is 0.251 e. The summed E-state index contributed by atoms with van der Waals surface area (Å²) in [6, 6.07) is 13.6. The van der Waals surface area contributed by atoms with Crippen molar-refractivity contribution >= 4 is 34.8 Å². The smallest absolute Gasteiger partial charge is 0.251 e. The van der Waals surface area contributed by atoms with Gasteiger partial charge in [0.05, 0.1) is 5.92 Å². The number of carbonyl (C=O) groups excluding carboxylic acids is 1. The van der Waals surface area contributed by atoms with Crippen LogP contribution in [0.25, 0.3) is 0 Å². The summed E-state index contributed by atoms with van der Waals surface area (Å²) in [4.78, 5) is 21.7. The number of hydrogen-bond acceptors (Lipinski definition) is 3. The standard InChI is InChI=1S/C16H12Cl2N2O3/c17-11-6-7-12-14(8-11)19-15(21)16(12,18)13(9-20(22)23)10-4-2-1-3-5-10/h1-8,13H,9H2,(H,19,21)/t13-,16+/m1/s1. The Balaban J connectivity index is 2.15. The molecule has 1 aliphatic heterocycles. The minimum absolute atomic E-state index is 0.454. The zero-order valence-corrected chi connectivity index (χ0v) is 13.3. The average Bonchev–Trinajstić information content (AvgIpc) is 2.77. The van der Waals surface area contributed by atoms with E-state index in [1.54, 1.807) is 48.5 Å². The van der Waals surface area contributed by atoms with Crippen LogP contribution in [0.15, 0.2) is 48.5 Å². The molecule has 118 valence electrons. The molecule has 0 saturated heterocycles. The van der Waals surface area contributed by atoms with Crippen LogP contribution >= 0.6 is 23.2 Å². The number of nitrogens with one attached hydrogen (secondary N) is 1. The molecule has 0 bridgehead atoms. The zero-order valence-electron chi connectivity index (χ0n) is 11.8. The second-order valence-corrected chi connectivity index (χ2v) is 6.37. The van der Waals surface area contributed by atoms with Crippen molar-refractivity contribution in [1.82, 2.24) is 0 Å². The topological polar surface area (TPSA) is 72.2 Å². The second kappa shape index (κ2) is 5.83. The molecule has 5 nitrogen and oxygen atoms in total.